The van der Waals surface area contributed by atoms with Crippen molar-refractivity contribution >= 4 is 27.0 Å². The van der Waals surface area contributed by atoms with E-state index in [9.17, 15) is 18.3 Å². The molecule has 0 unspecified atom stereocenters. The fraction of sp³-hybridized carbons (Fsp3) is 0.0667. The van der Waals surface area contributed by atoms with Crippen LogP contribution in [-0.4, -0.2) is 28.5 Å². The number of aromatic nitrogens is 2. The minimum atomic E-state index is -3.92. The van der Waals surface area contributed by atoms with Crippen LogP contribution in [0.15, 0.2) is 60.3 Å². The summed E-state index contributed by atoms with van der Waals surface area (Å²) >= 11 is 0. The van der Waals surface area contributed by atoms with Gasteiger partial charge < -0.3 is 5.11 Å². The lowest BCUT2D eigenvalue weighted by Gasteiger charge is -2.09. The summed E-state index contributed by atoms with van der Waals surface area (Å²) < 4.78 is 26.3. The number of hydrogen-bond acceptors (Lipinski definition) is 4. The molecule has 0 radical (unpaired) electrons. The van der Waals surface area contributed by atoms with Gasteiger partial charge in [-0.3, -0.25) is 4.98 Å². The number of hydrogen-bond donors (Lipinski definition) is 1. The topological polar surface area (TPSA) is 89.3 Å². The minimum absolute atomic E-state index is 0.0325. The highest BCUT2D eigenvalue weighted by molar-refractivity contribution is 7.94. The first-order valence-electron chi connectivity index (χ1n) is 6.34. The van der Waals surface area contributed by atoms with Crippen molar-refractivity contribution in [3.8, 4) is 0 Å². The zero-order valence-corrected chi connectivity index (χ0v) is 12.6. The Morgan fingerprint density at radius 3 is 2.73 bits per heavy atom. The molecule has 2 aromatic rings. The van der Waals surface area contributed by atoms with Crippen molar-refractivity contribution in [2.75, 3.05) is 0 Å². The molecule has 6 nitrogen and oxygen atoms in total. The van der Waals surface area contributed by atoms with Gasteiger partial charge in [0.25, 0.3) is 10.0 Å². The number of carboxylic acids is 1. The third-order valence-electron chi connectivity index (χ3n) is 3.01. The van der Waals surface area contributed by atoms with Crippen molar-refractivity contribution in [1.29, 1.82) is 0 Å². The molecule has 2 heterocycles. The highest BCUT2D eigenvalue weighted by atomic mass is 32.2. The summed E-state index contributed by atoms with van der Waals surface area (Å²) in [4.78, 5) is 15.4. The molecule has 22 heavy (non-hydrogen) atoms. The Morgan fingerprint density at radius 2 is 2.14 bits per heavy atom. The van der Waals surface area contributed by atoms with Crippen molar-refractivity contribution in [1.82, 2.24) is 8.96 Å². The van der Waals surface area contributed by atoms with Crippen molar-refractivity contribution in [3.63, 3.8) is 0 Å². The fourth-order valence-electron chi connectivity index (χ4n) is 2.02. The molecule has 0 saturated carbocycles. The first-order valence-corrected chi connectivity index (χ1v) is 7.78. The Hall–Kier alpha value is -2.67. The Bertz CT molecular complexity index is 905. The fourth-order valence-corrected chi connectivity index (χ4v) is 3.45. The predicted molar refractivity (Wildman–Crippen MR) is 84.1 cm³/mol. The largest absolute Gasteiger partial charge is 0.478 e. The molecule has 1 N–H and O–H groups in total. The summed E-state index contributed by atoms with van der Waals surface area (Å²) in [7, 11) is -3.92. The van der Waals surface area contributed by atoms with E-state index in [1.54, 1.807) is 6.92 Å². The Kier molecular flexibility index (Phi) is 4.27. The molecule has 0 amide bonds. The van der Waals surface area contributed by atoms with Gasteiger partial charge in [0.05, 0.1) is 21.5 Å². The van der Waals surface area contributed by atoms with Crippen LogP contribution in [0.2, 0.25) is 0 Å². The van der Waals surface area contributed by atoms with Gasteiger partial charge in [-0.25, -0.2) is 17.2 Å². The van der Waals surface area contributed by atoms with E-state index in [-0.39, 0.29) is 16.0 Å². The number of nitrogens with zero attached hydrogens (tertiary/aromatic N) is 2. The third kappa shape index (κ3) is 2.58. The number of carbonyl (C=O) groups is 1. The smallest absolute Gasteiger partial charge is 0.337 e. The third-order valence-corrected chi connectivity index (χ3v) is 4.80. The van der Waals surface area contributed by atoms with Gasteiger partial charge >= 0.3 is 5.97 Å². The molecule has 0 spiro atoms. The van der Waals surface area contributed by atoms with Crippen LogP contribution in [0.1, 0.15) is 17.3 Å². The molecule has 0 saturated heterocycles. The van der Waals surface area contributed by atoms with Gasteiger partial charge in [0.2, 0.25) is 0 Å². The standard InChI is InChI=1S/C15H14N2O4S/c1-3-5-6-11(4-2)22(20,21)17-10-8-13-14(17)12(15(18)19)7-9-16-13/h3-10H,1H2,2H3,(H,18,19)/b6-5-,11-4+. The van der Waals surface area contributed by atoms with E-state index in [4.69, 9.17) is 0 Å². The van der Waals surface area contributed by atoms with E-state index in [0.717, 1.165) is 3.97 Å². The van der Waals surface area contributed by atoms with Crippen LogP contribution in [0.3, 0.4) is 0 Å². The molecule has 0 aliphatic rings. The summed E-state index contributed by atoms with van der Waals surface area (Å²) in [5.74, 6) is -1.22. The molecule has 0 atom stereocenters. The van der Waals surface area contributed by atoms with Gasteiger partial charge in [0, 0.05) is 12.4 Å². The van der Waals surface area contributed by atoms with Gasteiger partial charge in [-0.2, -0.15) is 0 Å². The first kappa shape index (κ1) is 15.7. The molecule has 0 aliphatic heterocycles. The average Bonchev–Trinajstić information content (AvgIpc) is 2.92. The van der Waals surface area contributed by atoms with Gasteiger partial charge in [-0.15, -0.1) is 0 Å². The zero-order valence-electron chi connectivity index (χ0n) is 11.8. The molecule has 2 aromatic heterocycles. The summed E-state index contributed by atoms with van der Waals surface area (Å²) in [5, 5.41) is 9.25. The number of allylic oxidation sites excluding steroid dienone is 4. The molecule has 0 fully saturated rings. The molecule has 2 rings (SSSR count). The lowest BCUT2D eigenvalue weighted by Crippen LogP contribution is -2.14. The second-order valence-electron chi connectivity index (χ2n) is 4.30. The van der Waals surface area contributed by atoms with E-state index in [1.807, 2.05) is 0 Å². The second-order valence-corrected chi connectivity index (χ2v) is 6.11. The number of fused-ring (bicyclic) bond motifs is 1. The second kappa shape index (κ2) is 5.98. The maximum Gasteiger partial charge on any atom is 0.337 e. The normalized spacial score (nSPS) is 12.9. The molecule has 0 bridgehead atoms. The van der Waals surface area contributed by atoms with Crippen LogP contribution in [0.25, 0.3) is 11.0 Å². The van der Waals surface area contributed by atoms with Gasteiger partial charge in [-0.1, -0.05) is 24.8 Å². The summed E-state index contributed by atoms with van der Waals surface area (Å²) in [6, 6.07) is 2.73. The maximum atomic E-state index is 12.7. The summed E-state index contributed by atoms with van der Waals surface area (Å²) in [6.45, 7) is 5.08. The van der Waals surface area contributed by atoms with E-state index in [1.165, 1.54) is 48.8 Å². The monoisotopic (exact) mass is 318 g/mol. The molecule has 114 valence electrons. The zero-order chi connectivity index (χ0) is 16.3. The van der Waals surface area contributed by atoms with Crippen LogP contribution in [-0.2, 0) is 10.0 Å². The SMILES string of the molecule is C=C/C=C\C(=C/C)S(=O)(=O)n1ccc2nccc(C(=O)O)c21. The lowest BCUT2D eigenvalue weighted by molar-refractivity contribution is 0.0698. The highest BCUT2D eigenvalue weighted by Gasteiger charge is 2.23. The molecule has 7 heteroatoms. The molecular formula is C15H14N2O4S. The highest BCUT2D eigenvalue weighted by Crippen LogP contribution is 2.23. The first-order chi connectivity index (χ1) is 10.4. The summed E-state index contributed by atoms with van der Waals surface area (Å²) in [5.41, 5.74) is 0.217. The summed E-state index contributed by atoms with van der Waals surface area (Å²) in [6.07, 6.45) is 8.40. The molecule has 0 aliphatic carbocycles. The van der Waals surface area contributed by atoms with Crippen LogP contribution < -0.4 is 0 Å². The van der Waals surface area contributed by atoms with Crippen LogP contribution >= 0.6 is 0 Å². The van der Waals surface area contributed by atoms with Crippen molar-refractivity contribution in [2.45, 2.75) is 6.92 Å². The van der Waals surface area contributed by atoms with Crippen molar-refractivity contribution in [3.05, 3.63) is 65.9 Å². The van der Waals surface area contributed by atoms with Gasteiger partial charge in [0.1, 0.15) is 0 Å². The van der Waals surface area contributed by atoms with Gasteiger partial charge in [0.15, 0.2) is 0 Å². The molecular weight excluding hydrogens is 304 g/mol. The number of aromatic carboxylic acids is 1. The Labute approximate surface area is 127 Å². The van der Waals surface area contributed by atoms with Crippen LogP contribution in [0.4, 0.5) is 0 Å². The van der Waals surface area contributed by atoms with Crippen molar-refractivity contribution in [2.24, 2.45) is 0 Å². The van der Waals surface area contributed by atoms with E-state index >= 15 is 0 Å². The number of carboxylic acid groups (broad SMARTS) is 1. The van der Waals surface area contributed by atoms with Crippen LogP contribution in [0.5, 0.6) is 0 Å². The number of rotatable bonds is 5. The molecule has 0 aromatic carbocycles. The van der Waals surface area contributed by atoms with Gasteiger partial charge in [-0.05, 0) is 25.1 Å². The quantitative estimate of drug-likeness (QED) is 0.856. The van der Waals surface area contributed by atoms with E-state index < -0.39 is 16.0 Å². The van der Waals surface area contributed by atoms with E-state index in [2.05, 4.69) is 11.6 Å². The number of pyridine rings is 1. The van der Waals surface area contributed by atoms with E-state index in [0.29, 0.717) is 5.52 Å². The predicted octanol–water partition coefficient (Wildman–Crippen LogP) is 2.56. The lowest BCUT2D eigenvalue weighted by atomic mass is 10.2. The Balaban J connectivity index is 2.77. The average molecular weight is 318 g/mol. The van der Waals surface area contributed by atoms with Crippen molar-refractivity contribution < 1.29 is 18.3 Å². The van der Waals surface area contributed by atoms with Crippen LogP contribution in [0, 0.1) is 0 Å². The maximum absolute atomic E-state index is 12.7. The Morgan fingerprint density at radius 1 is 1.41 bits per heavy atom. The minimum Gasteiger partial charge on any atom is -0.478 e.